The molecular weight excluding hydrogens is 328 g/mol. The molecule has 1 atom stereocenters. The Labute approximate surface area is 143 Å². The van der Waals surface area contributed by atoms with Crippen molar-refractivity contribution in [1.82, 2.24) is 0 Å². The fraction of sp³-hybridized carbons (Fsp3) is 0.529. The summed E-state index contributed by atoms with van der Waals surface area (Å²) in [5.74, 6) is -2.52. The average Bonchev–Trinajstić information content (AvgIpc) is 3.01. The number of hydrogen-bond donors (Lipinski definition) is 0. The molecule has 3 heterocycles. The van der Waals surface area contributed by atoms with Crippen LogP contribution in [-0.4, -0.2) is 35.2 Å². The number of hydrogen-bond acceptors (Lipinski definition) is 7. The fourth-order valence-electron chi connectivity index (χ4n) is 4.24. The van der Waals surface area contributed by atoms with Crippen molar-refractivity contribution in [1.29, 1.82) is 0 Å². The molecule has 0 saturated carbocycles. The molecule has 132 valence electrons. The number of benzene rings is 1. The van der Waals surface area contributed by atoms with Crippen LogP contribution < -0.4 is 4.90 Å². The molecule has 0 radical (unpaired) electrons. The van der Waals surface area contributed by atoms with Gasteiger partial charge in [0, 0.05) is 44.6 Å². The topological polar surface area (TPSA) is 99.0 Å². The third-order valence-electron chi connectivity index (χ3n) is 5.28. The van der Waals surface area contributed by atoms with Crippen molar-refractivity contribution in [2.45, 2.75) is 44.9 Å². The Bertz CT molecular complexity index is 782. The summed E-state index contributed by atoms with van der Waals surface area (Å²) in [7, 11) is 0. The highest BCUT2D eigenvalue weighted by Crippen LogP contribution is 2.50. The monoisotopic (exact) mass is 346 g/mol. The van der Waals surface area contributed by atoms with Gasteiger partial charge in [-0.15, -0.1) is 0 Å². The van der Waals surface area contributed by atoms with Crippen LogP contribution in [-0.2, 0) is 25.5 Å². The van der Waals surface area contributed by atoms with Crippen molar-refractivity contribution in [2.24, 2.45) is 5.41 Å². The molecule has 0 aliphatic carbocycles. The van der Waals surface area contributed by atoms with Gasteiger partial charge in [0.25, 0.3) is 11.5 Å². The van der Waals surface area contributed by atoms with Gasteiger partial charge in [-0.3, -0.25) is 19.7 Å². The van der Waals surface area contributed by atoms with Crippen molar-refractivity contribution in [3.05, 3.63) is 33.9 Å². The van der Waals surface area contributed by atoms with Crippen LogP contribution in [0.25, 0.3) is 0 Å². The zero-order valence-electron chi connectivity index (χ0n) is 14.0. The number of fused-ring (bicyclic) bond motifs is 4. The van der Waals surface area contributed by atoms with Gasteiger partial charge in [-0.25, -0.2) is 0 Å². The fourth-order valence-corrected chi connectivity index (χ4v) is 4.24. The molecular formula is C17H18N2O6. The Morgan fingerprint density at radius 3 is 2.56 bits per heavy atom. The molecule has 25 heavy (non-hydrogen) atoms. The molecule has 3 aliphatic heterocycles. The number of anilines is 1. The first-order valence-electron chi connectivity index (χ1n) is 8.25. The van der Waals surface area contributed by atoms with Crippen LogP contribution in [0.2, 0.25) is 0 Å². The van der Waals surface area contributed by atoms with Crippen molar-refractivity contribution in [2.75, 3.05) is 11.4 Å². The number of nitrogens with zero attached hydrogens (tertiary/aromatic N) is 2. The Hall–Kier alpha value is -2.64. The molecule has 8 heteroatoms. The largest absolute Gasteiger partial charge is 0.422 e. The zero-order chi connectivity index (χ0) is 18.0. The minimum Gasteiger partial charge on any atom is -0.422 e. The average molecular weight is 346 g/mol. The summed E-state index contributed by atoms with van der Waals surface area (Å²) in [4.78, 5) is 38.4. The third-order valence-corrected chi connectivity index (χ3v) is 5.28. The summed E-state index contributed by atoms with van der Waals surface area (Å²) in [6.07, 6.45) is 1.55. The molecule has 8 nitrogen and oxygen atoms in total. The van der Waals surface area contributed by atoms with Crippen molar-refractivity contribution < 1.29 is 24.0 Å². The molecule has 2 fully saturated rings. The van der Waals surface area contributed by atoms with Gasteiger partial charge in [-0.2, -0.15) is 0 Å². The maximum atomic E-state index is 12.9. The van der Waals surface area contributed by atoms with Crippen molar-refractivity contribution in [3.63, 3.8) is 0 Å². The van der Waals surface area contributed by atoms with Crippen LogP contribution in [0.5, 0.6) is 0 Å². The Morgan fingerprint density at radius 2 is 1.92 bits per heavy atom. The van der Waals surface area contributed by atoms with E-state index in [1.165, 1.54) is 26.0 Å². The summed E-state index contributed by atoms with van der Waals surface area (Å²) in [5.41, 5.74) is -0.0941. The standard InChI is InChI=1S/C17H18N2O6/c1-16(2)24-14(20)17(15(21)25-16)9-10-8-11(19(22)23)5-6-12(10)18-7-3-4-13(17)18/h5-6,8,13H,3-4,7,9H2,1-2H3/t13-/m1/s1. The highest BCUT2D eigenvalue weighted by molar-refractivity contribution is 6.04. The molecule has 2 saturated heterocycles. The predicted octanol–water partition coefficient (Wildman–Crippen LogP) is 1.94. The highest BCUT2D eigenvalue weighted by atomic mass is 16.7. The number of carbonyl (C=O) groups is 2. The molecule has 3 aliphatic rings. The summed E-state index contributed by atoms with van der Waals surface area (Å²) in [5, 5.41) is 11.1. The normalized spacial score (nSPS) is 25.8. The first kappa shape index (κ1) is 15.9. The van der Waals surface area contributed by atoms with E-state index in [1.54, 1.807) is 6.07 Å². The van der Waals surface area contributed by atoms with E-state index in [9.17, 15) is 19.7 Å². The maximum absolute atomic E-state index is 12.9. The number of nitro benzene ring substituents is 1. The first-order valence-corrected chi connectivity index (χ1v) is 8.25. The van der Waals surface area contributed by atoms with Crippen LogP contribution >= 0.6 is 0 Å². The lowest BCUT2D eigenvalue weighted by Gasteiger charge is -2.49. The van der Waals surface area contributed by atoms with E-state index < -0.39 is 28.1 Å². The highest BCUT2D eigenvalue weighted by Gasteiger charge is 2.64. The van der Waals surface area contributed by atoms with Crippen LogP contribution in [0.4, 0.5) is 11.4 Å². The second kappa shape index (κ2) is 4.93. The SMILES string of the molecule is CC1(C)OC(=O)C2(Cc3cc([N+](=O)[O-])ccc3N3CCC[C@@H]32)C(=O)O1. The summed E-state index contributed by atoms with van der Waals surface area (Å²) in [6.45, 7) is 3.72. The van der Waals surface area contributed by atoms with E-state index in [4.69, 9.17) is 9.47 Å². The number of cyclic esters (lactones) is 2. The van der Waals surface area contributed by atoms with Gasteiger partial charge in [0.1, 0.15) is 0 Å². The Morgan fingerprint density at radius 1 is 1.24 bits per heavy atom. The third kappa shape index (κ3) is 2.13. The minimum atomic E-state index is -1.46. The quantitative estimate of drug-likeness (QED) is 0.332. The van der Waals surface area contributed by atoms with E-state index in [0.717, 1.165) is 12.1 Å². The molecule has 1 aromatic carbocycles. The number of rotatable bonds is 1. The molecule has 0 bridgehead atoms. The van der Waals surface area contributed by atoms with Crippen LogP contribution in [0.1, 0.15) is 32.3 Å². The second-order valence-electron chi connectivity index (χ2n) is 7.25. The van der Waals surface area contributed by atoms with E-state index >= 15 is 0 Å². The van der Waals surface area contributed by atoms with Gasteiger partial charge in [0.15, 0.2) is 5.41 Å². The number of non-ortho nitro benzene ring substituents is 1. The molecule has 0 N–H and O–H groups in total. The molecule has 1 aromatic rings. The van der Waals surface area contributed by atoms with E-state index in [1.807, 2.05) is 4.90 Å². The van der Waals surface area contributed by atoms with Gasteiger partial charge in [0.2, 0.25) is 0 Å². The lowest BCUT2D eigenvalue weighted by atomic mass is 9.70. The predicted molar refractivity (Wildman–Crippen MR) is 85.9 cm³/mol. The zero-order valence-corrected chi connectivity index (χ0v) is 14.0. The number of nitro groups is 1. The van der Waals surface area contributed by atoms with Gasteiger partial charge < -0.3 is 14.4 Å². The van der Waals surface area contributed by atoms with Gasteiger partial charge in [-0.1, -0.05) is 0 Å². The molecule has 0 unspecified atom stereocenters. The summed E-state index contributed by atoms with van der Waals surface area (Å²) < 4.78 is 10.8. The van der Waals surface area contributed by atoms with Crippen LogP contribution in [0.15, 0.2) is 18.2 Å². The smallest absolute Gasteiger partial charge is 0.329 e. The van der Waals surface area contributed by atoms with E-state index in [2.05, 4.69) is 0 Å². The molecule has 0 aromatic heterocycles. The van der Waals surface area contributed by atoms with Crippen molar-refractivity contribution in [3.8, 4) is 0 Å². The van der Waals surface area contributed by atoms with Gasteiger partial charge >= 0.3 is 11.9 Å². The van der Waals surface area contributed by atoms with E-state index in [-0.39, 0.29) is 18.2 Å². The van der Waals surface area contributed by atoms with E-state index in [0.29, 0.717) is 18.5 Å². The minimum absolute atomic E-state index is 0.0545. The van der Waals surface area contributed by atoms with Crippen LogP contribution in [0.3, 0.4) is 0 Å². The first-order chi connectivity index (χ1) is 11.7. The summed E-state index contributed by atoms with van der Waals surface area (Å²) >= 11 is 0. The maximum Gasteiger partial charge on any atom is 0.329 e. The Balaban J connectivity index is 1.85. The van der Waals surface area contributed by atoms with Gasteiger partial charge in [-0.05, 0) is 24.5 Å². The number of ether oxygens (including phenoxy) is 2. The number of esters is 2. The second-order valence-corrected chi connectivity index (χ2v) is 7.25. The lowest BCUT2D eigenvalue weighted by Crippen LogP contribution is -2.64. The summed E-state index contributed by atoms with van der Waals surface area (Å²) in [6, 6.07) is 4.23. The molecule has 0 amide bonds. The molecule has 4 rings (SSSR count). The lowest BCUT2D eigenvalue weighted by molar-refractivity contribution is -0.384. The molecule has 1 spiro atoms. The van der Waals surface area contributed by atoms with Crippen LogP contribution in [0, 0.1) is 15.5 Å². The Kier molecular flexibility index (Phi) is 3.13. The van der Waals surface area contributed by atoms with Crippen molar-refractivity contribution >= 4 is 23.3 Å². The number of carbonyl (C=O) groups excluding carboxylic acids is 2. The van der Waals surface area contributed by atoms with Gasteiger partial charge in [0.05, 0.1) is 11.0 Å².